The third kappa shape index (κ3) is 4.17. The van der Waals surface area contributed by atoms with Gasteiger partial charge in [-0.1, -0.05) is 0 Å². The second kappa shape index (κ2) is 9.30. The van der Waals surface area contributed by atoms with E-state index in [4.69, 9.17) is 14.2 Å². The van der Waals surface area contributed by atoms with Gasteiger partial charge in [0.15, 0.2) is 11.5 Å². The van der Waals surface area contributed by atoms with Crippen LogP contribution >= 0.6 is 0 Å². The second-order valence-electron chi connectivity index (χ2n) is 8.47. The lowest BCUT2D eigenvalue weighted by molar-refractivity contribution is 0.321. The lowest BCUT2D eigenvalue weighted by Gasteiger charge is -2.17. The summed E-state index contributed by atoms with van der Waals surface area (Å²) in [6, 6.07) is 9.13. The van der Waals surface area contributed by atoms with E-state index in [2.05, 4.69) is 20.0 Å². The average Bonchev–Trinajstić information content (AvgIpc) is 3.51. The summed E-state index contributed by atoms with van der Waals surface area (Å²) in [6.07, 6.45) is 3.90. The Hall–Kier alpha value is -4.05. The zero-order chi connectivity index (χ0) is 24.5. The van der Waals surface area contributed by atoms with Gasteiger partial charge in [0.25, 0.3) is 0 Å². The summed E-state index contributed by atoms with van der Waals surface area (Å²) in [5.74, 6) is 1.80. The molecule has 4 aromatic rings. The average molecular weight is 478 g/mol. The van der Waals surface area contributed by atoms with Crippen LogP contribution in [0.25, 0.3) is 21.9 Å². The van der Waals surface area contributed by atoms with Crippen molar-refractivity contribution in [3.63, 3.8) is 0 Å². The Kier molecular flexibility index (Phi) is 6.04. The minimum atomic E-state index is -0.639. The summed E-state index contributed by atoms with van der Waals surface area (Å²) in [5, 5.41) is 4.85. The van der Waals surface area contributed by atoms with Crippen LogP contribution in [0.4, 0.5) is 0 Å². The molecule has 1 aliphatic rings. The zero-order valence-corrected chi connectivity index (χ0v) is 19.9. The van der Waals surface area contributed by atoms with Crippen molar-refractivity contribution < 1.29 is 14.2 Å². The number of H-pyrrole nitrogens is 2. The van der Waals surface area contributed by atoms with Gasteiger partial charge in [0.05, 0.1) is 38.6 Å². The fourth-order valence-corrected chi connectivity index (χ4v) is 4.58. The summed E-state index contributed by atoms with van der Waals surface area (Å²) in [7, 11) is 4.71. The van der Waals surface area contributed by atoms with Crippen molar-refractivity contribution in [2.45, 2.75) is 19.4 Å². The van der Waals surface area contributed by atoms with E-state index in [0.717, 1.165) is 41.2 Å². The van der Waals surface area contributed by atoms with Crippen LogP contribution in [-0.2, 0) is 6.54 Å². The molecule has 182 valence electrons. The van der Waals surface area contributed by atoms with Crippen molar-refractivity contribution in [1.29, 1.82) is 0 Å². The molecule has 2 N–H and O–H groups in total. The van der Waals surface area contributed by atoms with E-state index in [0.29, 0.717) is 27.9 Å². The molecule has 0 aliphatic carbocycles. The van der Waals surface area contributed by atoms with Crippen LogP contribution < -0.4 is 25.5 Å². The van der Waals surface area contributed by atoms with Gasteiger partial charge in [0.1, 0.15) is 11.3 Å². The van der Waals surface area contributed by atoms with E-state index >= 15 is 0 Å². The van der Waals surface area contributed by atoms with Gasteiger partial charge < -0.3 is 24.2 Å². The molecular weight excluding hydrogens is 450 g/mol. The van der Waals surface area contributed by atoms with Crippen molar-refractivity contribution in [2.24, 2.45) is 5.10 Å². The first-order valence-electron chi connectivity index (χ1n) is 11.4. The van der Waals surface area contributed by atoms with Crippen molar-refractivity contribution in [2.75, 3.05) is 34.4 Å². The largest absolute Gasteiger partial charge is 0.496 e. The smallest absolute Gasteiger partial charge is 0.350 e. The Morgan fingerprint density at radius 1 is 0.914 bits per heavy atom. The molecule has 10 heteroatoms. The number of aromatic amines is 2. The van der Waals surface area contributed by atoms with E-state index in [1.165, 1.54) is 33.3 Å². The highest BCUT2D eigenvalue weighted by Gasteiger charge is 2.17. The number of benzene rings is 2. The molecule has 10 nitrogen and oxygen atoms in total. The van der Waals surface area contributed by atoms with Gasteiger partial charge in [0.2, 0.25) is 0 Å². The monoisotopic (exact) mass is 477 g/mol. The van der Waals surface area contributed by atoms with Crippen LogP contribution in [0.3, 0.4) is 0 Å². The molecule has 3 heterocycles. The molecule has 0 atom stereocenters. The third-order valence-electron chi connectivity index (χ3n) is 6.35. The third-order valence-corrected chi connectivity index (χ3v) is 6.35. The van der Waals surface area contributed by atoms with E-state index in [-0.39, 0.29) is 5.52 Å². The Bertz CT molecular complexity index is 1540. The lowest BCUT2D eigenvalue weighted by atomic mass is 10.1. The molecule has 0 radical (unpaired) electrons. The quantitative estimate of drug-likeness (QED) is 0.396. The second-order valence-corrected chi connectivity index (χ2v) is 8.47. The summed E-state index contributed by atoms with van der Waals surface area (Å²) < 4.78 is 17.0. The number of nitrogens with zero attached hydrogens (tertiary/aromatic N) is 3. The number of rotatable bonds is 7. The van der Waals surface area contributed by atoms with Crippen molar-refractivity contribution in [1.82, 2.24) is 19.5 Å². The molecule has 2 aromatic carbocycles. The Labute approximate surface area is 200 Å². The number of fused-ring (bicyclic) bond motifs is 3. The minimum Gasteiger partial charge on any atom is -0.496 e. The molecule has 0 unspecified atom stereocenters. The van der Waals surface area contributed by atoms with Crippen LogP contribution in [0, 0.1) is 0 Å². The molecule has 0 bridgehead atoms. The van der Waals surface area contributed by atoms with E-state index in [1.807, 2.05) is 18.2 Å². The zero-order valence-electron chi connectivity index (χ0n) is 19.9. The molecule has 35 heavy (non-hydrogen) atoms. The normalized spacial score (nSPS) is 14.4. The molecule has 5 rings (SSSR count). The van der Waals surface area contributed by atoms with Crippen LogP contribution in [0.5, 0.6) is 17.2 Å². The number of methoxy groups -OCH3 is 3. The molecule has 1 saturated heterocycles. The Balaban J connectivity index is 1.53. The highest BCUT2D eigenvalue weighted by molar-refractivity contribution is 6.05. The fraction of sp³-hybridized carbons (Fsp3) is 0.320. The van der Waals surface area contributed by atoms with Gasteiger partial charge in [-0.3, -0.25) is 9.69 Å². The topological polar surface area (TPSA) is 114 Å². The van der Waals surface area contributed by atoms with Crippen LogP contribution in [0.15, 0.2) is 45.0 Å². The highest BCUT2D eigenvalue weighted by Crippen LogP contribution is 2.34. The number of hydrogen-bond donors (Lipinski definition) is 2. The highest BCUT2D eigenvalue weighted by atomic mass is 16.5. The SMILES string of the molecule is COc1ccc(C=Nn2c(=O)[nH]c3c([nH]c4cc(OC)c(OC)cc43)c2=O)cc1CN1CCCC1. The van der Waals surface area contributed by atoms with Gasteiger partial charge in [-0.05, 0) is 55.8 Å². The first-order valence-corrected chi connectivity index (χ1v) is 11.4. The Morgan fingerprint density at radius 3 is 2.34 bits per heavy atom. The summed E-state index contributed by atoms with van der Waals surface area (Å²) in [6.45, 7) is 2.91. The minimum absolute atomic E-state index is 0.233. The molecule has 1 aliphatic heterocycles. The molecule has 2 aromatic heterocycles. The van der Waals surface area contributed by atoms with Crippen LogP contribution in [-0.4, -0.2) is 60.2 Å². The molecule has 0 amide bonds. The standard InChI is InChI=1S/C25H27N5O5/c1-33-19-7-6-15(10-16(19)14-29-8-4-5-9-29)13-26-30-24(31)23-22(28-25(30)32)17-11-20(34-2)21(35-3)12-18(17)27-23/h6-7,10-13,27H,4-5,8-9,14H2,1-3H3,(H,28,32). The first kappa shape index (κ1) is 22.7. The van der Waals surface area contributed by atoms with Gasteiger partial charge in [-0.25, -0.2) is 4.79 Å². The van der Waals surface area contributed by atoms with Gasteiger partial charge in [-0.2, -0.15) is 5.10 Å². The maximum absolute atomic E-state index is 13.2. The first-order chi connectivity index (χ1) is 17.0. The maximum atomic E-state index is 13.2. The van der Waals surface area contributed by atoms with Gasteiger partial charge >= 0.3 is 11.2 Å². The Morgan fingerprint density at radius 2 is 1.63 bits per heavy atom. The summed E-state index contributed by atoms with van der Waals surface area (Å²) >= 11 is 0. The number of aromatic nitrogens is 3. The molecular formula is C25H27N5O5. The maximum Gasteiger partial charge on any atom is 0.350 e. The predicted molar refractivity (Wildman–Crippen MR) is 134 cm³/mol. The number of hydrogen-bond acceptors (Lipinski definition) is 7. The lowest BCUT2D eigenvalue weighted by Crippen LogP contribution is -2.32. The van der Waals surface area contributed by atoms with E-state index < -0.39 is 11.2 Å². The number of nitrogens with one attached hydrogen (secondary N) is 2. The number of likely N-dealkylation sites (tertiary alicyclic amines) is 1. The molecule has 0 saturated carbocycles. The molecule has 1 fully saturated rings. The fourth-order valence-electron chi connectivity index (χ4n) is 4.58. The summed E-state index contributed by atoms with van der Waals surface area (Å²) in [5.41, 5.74) is 1.86. The van der Waals surface area contributed by atoms with Gasteiger partial charge in [0, 0.05) is 23.6 Å². The summed E-state index contributed by atoms with van der Waals surface area (Å²) in [4.78, 5) is 34.2. The van der Waals surface area contributed by atoms with Crippen LogP contribution in [0.2, 0.25) is 0 Å². The van der Waals surface area contributed by atoms with Crippen molar-refractivity contribution >= 4 is 28.2 Å². The van der Waals surface area contributed by atoms with Gasteiger partial charge in [-0.15, -0.1) is 4.68 Å². The van der Waals surface area contributed by atoms with Crippen molar-refractivity contribution in [3.8, 4) is 17.2 Å². The van der Waals surface area contributed by atoms with E-state index in [9.17, 15) is 9.59 Å². The molecule has 0 spiro atoms. The van der Waals surface area contributed by atoms with Crippen LogP contribution in [0.1, 0.15) is 24.0 Å². The predicted octanol–water partition coefficient (Wildman–Crippen LogP) is 2.67. The van der Waals surface area contributed by atoms with Crippen molar-refractivity contribution in [3.05, 3.63) is 62.3 Å². The number of ether oxygens (including phenoxy) is 3. The van der Waals surface area contributed by atoms with E-state index in [1.54, 1.807) is 19.2 Å².